The highest BCUT2D eigenvalue weighted by Crippen LogP contribution is 2.09. The average molecular weight is 303 g/mol. The lowest BCUT2D eigenvalue weighted by Crippen LogP contribution is -2.30. The second kappa shape index (κ2) is 7.36. The lowest BCUT2D eigenvalue weighted by atomic mass is 10.5. The molecule has 0 spiro atoms. The van der Waals surface area contributed by atoms with Gasteiger partial charge in [0.05, 0.1) is 24.6 Å². The second-order valence-corrected chi connectivity index (χ2v) is 10.4. The molecule has 0 heterocycles. The fourth-order valence-electron chi connectivity index (χ4n) is 0.684. The second-order valence-electron chi connectivity index (χ2n) is 3.85. The van der Waals surface area contributed by atoms with Crippen LogP contribution in [-0.2, 0) is 34.0 Å². The number of hydrogen-bond donors (Lipinski definition) is 0. The van der Waals surface area contributed by atoms with E-state index in [4.69, 9.17) is 3.87 Å². The standard InChI is InChI=1S/C7H16O7S2Si/c1-17(2,3)14-16(10,11)13-7-5-4-6-12-15(8)9/h4-5H,6-7H2,1-3H3,(H,8,9)/p-1/b5-4+. The Bertz CT molecular complexity index is 370. The van der Waals surface area contributed by atoms with E-state index in [2.05, 4.69) is 8.37 Å². The third kappa shape index (κ3) is 12.1. The smallest absolute Gasteiger partial charge is 0.390 e. The molecule has 10 heteroatoms. The van der Waals surface area contributed by atoms with Gasteiger partial charge in [-0.3, -0.25) is 8.06 Å². The minimum Gasteiger partial charge on any atom is -0.750 e. The summed E-state index contributed by atoms with van der Waals surface area (Å²) < 4.78 is 55.8. The quantitative estimate of drug-likeness (QED) is 0.365. The van der Waals surface area contributed by atoms with Crippen LogP contribution in [0.5, 0.6) is 0 Å². The van der Waals surface area contributed by atoms with Crippen molar-refractivity contribution in [3.05, 3.63) is 12.2 Å². The van der Waals surface area contributed by atoms with Gasteiger partial charge in [0.15, 0.2) is 0 Å². The van der Waals surface area contributed by atoms with Crippen LogP contribution in [0.1, 0.15) is 0 Å². The molecule has 0 aliphatic rings. The van der Waals surface area contributed by atoms with Crippen LogP contribution in [0.25, 0.3) is 0 Å². The van der Waals surface area contributed by atoms with Gasteiger partial charge < -0.3 is 4.55 Å². The van der Waals surface area contributed by atoms with Crippen molar-refractivity contribution >= 4 is 30.1 Å². The third-order valence-electron chi connectivity index (χ3n) is 1.09. The topological polar surface area (TPSA) is 102 Å². The third-order valence-corrected chi connectivity index (χ3v) is 4.66. The van der Waals surface area contributed by atoms with Gasteiger partial charge in [-0.25, -0.2) is 8.39 Å². The summed E-state index contributed by atoms with van der Waals surface area (Å²) in [5, 5.41) is 0. The molecule has 1 atom stereocenters. The predicted octanol–water partition coefficient (Wildman–Crippen LogP) is 0.466. The molecule has 102 valence electrons. The molecule has 0 rings (SSSR count). The molecule has 0 saturated carbocycles. The van der Waals surface area contributed by atoms with Gasteiger partial charge in [0.25, 0.3) is 0 Å². The van der Waals surface area contributed by atoms with Crippen molar-refractivity contribution in [3.63, 3.8) is 0 Å². The first-order valence-electron chi connectivity index (χ1n) is 4.60. The lowest BCUT2D eigenvalue weighted by molar-refractivity contribution is 0.298. The van der Waals surface area contributed by atoms with E-state index < -0.39 is 30.1 Å². The van der Waals surface area contributed by atoms with Crippen molar-refractivity contribution in [2.45, 2.75) is 19.6 Å². The zero-order chi connectivity index (χ0) is 13.5. The summed E-state index contributed by atoms with van der Waals surface area (Å²) in [7, 11) is -6.22. The maximum atomic E-state index is 11.2. The summed E-state index contributed by atoms with van der Waals surface area (Å²) >= 11 is -2.58. The molecule has 1 unspecified atom stereocenters. The maximum absolute atomic E-state index is 11.2. The maximum Gasteiger partial charge on any atom is 0.390 e. The molecule has 0 bridgehead atoms. The molecule has 7 nitrogen and oxygen atoms in total. The summed E-state index contributed by atoms with van der Waals surface area (Å²) in [4.78, 5) is 0. The van der Waals surface area contributed by atoms with E-state index in [1.165, 1.54) is 12.2 Å². The summed E-state index contributed by atoms with van der Waals surface area (Å²) in [5.74, 6) is 0. The lowest BCUT2D eigenvalue weighted by Gasteiger charge is -2.15. The Balaban J connectivity index is 3.92. The minimum atomic E-state index is -3.99. The Morgan fingerprint density at radius 2 is 1.76 bits per heavy atom. The fraction of sp³-hybridized carbons (Fsp3) is 0.714. The van der Waals surface area contributed by atoms with Crippen LogP contribution in [-0.4, -0.2) is 38.7 Å². The molecular formula is C7H15O7S2Si-. The largest absolute Gasteiger partial charge is 0.750 e. The Kier molecular flexibility index (Phi) is 7.31. The van der Waals surface area contributed by atoms with E-state index in [1.54, 1.807) is 19.6 Å². The highest BCUT2D eigenvalue weighted by atomic mass is 32.3. The van der Waals surface area contributed by atoms with Crippen molar-refractivity contribution in [1.82, 2.24) is 0 Å². The predicted molar refractivity (Wildman–Crippen MR) is 63.3 cm³/mol. The first-order chi connectivity index (χ1) is 7.62. The molecule has 0 fully saturated rings. The van der Waals surface area contributed by atoms with Gasteiger partial charge >= 0.3 is 10.4 Å². The first-order valence-corrected chi connectivity index (χ1v) is 10.3. The van der Waals surface area contributed by atoms with E-state index in [0.717, 1.165) is 0 Å². The van der Waals surface area contributed by atoms with Gasteiger partial charge in [0.1, 0.15) is 0 Å². The van der Waals surface area contributed by atoms with Crippen LogP contribution >= 0.6 is 0 Å². The first kappa shape index (κ1) is 16.9. The molecule has 0 amide bonds. The number of hydrogen-bond acceptors (Lipinski definition) is 7. The Morgan fingerprint density at radius 1 is 1.24 bits per heavy atom. The summed E-state index contributed by atoms with van der Waals surface area (Å²) in [6.07, 6.45) is 2.64. The van der Waals surface area contributed by atoms with Crippen LogP contribution < -0.4 is 0 Å². The van der Waals surface area contributed by atoms with E-state index in [0.29, 0.717) is 0 Å². The molecule has 17 heavy (non-hydrogen) atoms. The van der Waals surface area contributed by atoms with E-state index in [-0.39, 0.29) is 13.2 Å². The van der Waals surface area contributed by atoms with Crippen LogP contribution in [0.4, 0.5) is 0 Å². The average Bonchev–Trinajstić information content (AvgIpc) is 2.06. The van der Waals surface area contributed by atoms with Crippen molar-refractivity contribution in [2.75, 3.05) is 13.2 Å². The minimum absolute atomic E-state index is 0.172. The fourth-order valence-corrected chi connectivity index (χ4v) is 3.76. The summed E-state index contributed by atoms with van der Waals surface area (Å²) in [6, 6.07) is 0. The van der Waals surface area contributed by atoms with Crippen molar-refractivity contribution in [3.8, 4) is 0 Å². The van der Waals surface area contributed by atoms with Gasteiger partial charge in [-0.05, 0) is 19.6 Å². The highest BCUT2D eigenvalue weighted by Gasteiger charge is 2.24. The van der Waals surface area contributed by atoms with Gasteiger partial charge in [-0.15, -0.1) is 0 Å². The van der Waals surface area contributed by atoms with Crippen molar-refractivity contribution in [2.24, 2.45) is 0 Å². The summed E-state index contributed by atoms with van der Waals surface area (Å²) in [6.45, 7) is 4.72. The molecule has 0 N–H and O–H groups in total. The van der Waals surface area contributed by atoms with Crippen LogP contribution in [0.2, 0.25) is 19.6 Å². The molecule has 0 aliphatic carbocycles. The SMILES string of the molecule is C[Si](C)(C)OS(=O)(=O)OC/C=C/COS(=O)[O-]. The van der Waals surface area contributed by atoms with Gasteiger partial charge in [-0.2, -0.15) is 8.42 Å². The Labute approximate surface area is 105 Å². The molecule has 0 aromatic rings. The van der Waals surface area contributed by atoms with Crippen LogP contribution in [0.15, 0.2) is 12.2 Å². The zero-order valence-corrected chi connectivity index (χ0v) is 12.4. The number of rotatable bonds is 8. The molecule has 0 saturated heterocycles. The molecular weight excluding hydrogens is 288 g/mol. The highest BCUT2D eigenvalue weighted by molar-refractivity contribution is 7.83. The van der Waals surface area contributed by atoms with E-state index in [9.17, 15) is 17.2 Å². The monoisotopic (exact) mass is 303 g/mol. The molecule has 0 aromatic carbocycles. The van der Waals surface area contributed by atoms with Crippen molar-refractivity contribution < 1.29 is 29.4 Å². The van der Waals surface area contributed by atoms with Gasteiger partial charge in [0, 0.05) is 0 Å². The van der Waals surface area contributed by atoms with E-state index >= 15 is 0 Å². The molecule has 0 aliphatic heterocycles. The Morgan fingerprint density at radius 3 is 2.24 bits per heavy atom. The van der Waals surface area contributed by atoms with Crippen LogP contribution in [0.3, 0.4) is 0 Å². The molecule has 0 radical (unpaired) electrons. The zero-order valence-electron chi connectivity index (χ0n) is 9.74. The molecule has 0 aromatic heterocycles. The van der Waals surface area contributed by atoms with Gasteiger partial charge in [-0.1, -0.05) is 12.2 Å². The Hall–Kier alpha value is -0.103. The van der Waals surface area contributed by atoms with Gasteiger partial charge in [0.2, 0.25) is 8.32 Å². The van der Waals surface area contributed by atoms with Crippen LogP contribution in [0, 0.1) is 0 Å². The van der Waals surface area contributed by atoms with E-state index in [1.807, 2.05) is 0 Å². The summed E-state index contributed by atoms with van der Waals surface area (Å²) in [5.41, 5.74) is 0. The normalized spacial score (nSPS) is 15.3. The van der Waals surface area contributed by atoms with Crippen molar-refractivity contribution in [1.29, 1.82) is 0 Å².